The van der Waals surface area contributed by atoms with E-state index < -0.39 is 0 Å². The molecule has 0 aromatic heterocycles. The largest absolute Gasteiger partial charge is 0.457 e. The number of ether oxygens (including phenoxy) is 2. The maximum Gasteiger partial charge on any atom is 0.193 e. The standard InChI is InChI=1S/C27H26N2O2.C13H12N2O/c1-27(2,19-3-11-23(12-4-19)30-25-15-7-21(28)8-16-25)20-5-13-24(14-6-20)31-26-17-9-22(29)10-18-26;14-11-5-1-9(2-6-11)13(16)10-3-7-12(15)8-4-10/h3-18H,28-29H2,1-2H3;1-8H,14-15H2. The van der Waals surface area contributed by atoms with Gasteiger partial charge in [-0.3, -0.25) is 4.79 Å². The first-order valence-corrected chi connectivity index (χ1v) is 15.1. The van der Waals surface area contributed by atoms with Gasteiger partial charge >= 0.3 is 0 Å². The van der Waals surface area contributed by atoms with Crippen LogP contribution in [0.25, 0.3) is 0 Å². The van der Waals surface area contributed by atoms with Gasteiger partial charge in [0.15, 0.2) is 5.78 Å². The lowest BCUT2D eigenvalue weighted by Gasteiger charge is -2.26. The number of hydrogen-bond acceptors (Lipinski definition) is 7. The maximum atomic E-state index is 12.0. The summed E-state index contributed by atoms with van der Waals surface area (Å²) in [6, 6.07) is 44.9. The molecule has 0 heterocycles. The van der Waals surface area contributed by atoms with Crippen LogP contribution in [0.1, 0.15) is 40.9 Å². The average Bonchev–Trinajstić information content (AvgIpc) is 3.08. The molecule has 0 fully saturated rings. The summed E-state index contributed by atoms with van der Waals surface area (Å²) in [7, 11) is 0. The summed E-state index contributed by atoms with van der Waals surface area (Å²) in [5, 5.41) is 0. The molecule has 8 N–H and O–H groups in total. The van der Waals surface area contributed by atoms with E-state index in [9.17, 15) is 4.79 Å². The zero-order valence-corrected chi connectivity index (χ0v) is 26.4. The number of rotatable bonds is 8. The second-order valence-corrected chi connectivity index (χ2v) is 11.6. The van der Waals surface area contributed by atoms with Crippen LogP contribution in [0.4, 0.5) is 22.7 Å². The first-order chi connectivity index (χ1) is 22.6. The Morgan fingerprint density at radius 3 is 0.915 bits per heavy atom. The zero-order chi connectivity index (χ0) is 33.4. The second-order valence-electron chi connectivity index (χ2n) is 11.6. The highest BCUT2D eigenvalue weighted by atomic mass is 16.5. The Kier molecular flexibility index (Phi) is 9.77. The number of hydrogen-bond donors (Lipinski definition) is 4. The molecule has 47 heavy (non-hydrogen) atoms. The highest BCUT2D eigenvalue weighted by Crippen LogP contribution is 2.35. The first kappa shape index (κ1) is 32.2. The second kappa shape index (κ2) is 14.3. The molecule has 0 spiro atoms. The lowest BCUT2D eigenvalue weighted by molar-refractivity contribution is 0.103. The number of nitrogen functional groups attached to an aromatic ring is 4. The fourth-order valence-electron chi connectivity index (χ4n) is 4.83. The lowest BCUT2D eigenvalue weighted by atomic mass is 9.78. The minimum atomic E-state index is -0.167. The van der Waals surface area contributed by atoms with Crippen molar-refractivity contribution in [3.63, 3.8) is 0 Å². The predicted octanol–water partition coefficient (Wildman–Crippen LogP) is 8.84. The van der Waals surface area contributed by atoms with Crippen molar-refractivity contribution in [3.05, 3.63) is 168 Å². The quantitative estimate of drug-likeness (QED) is 0.0982. The Bertz CT molecular complexity index is 1760. The van der Waals surface area contributed by atoms with Crippen LogP contribution in [0.2, 0.25) is 0 Å². The summed E-state index contributed by atoms with van der Waals surface area (Å²) in [6.45, 7) is 4.41. The molecule has 0 unspecified atom stereocenters. The molecule has 0 saturated heterocycles. The Labute approximate surface area is 275 Å². The normalized spacial score (nSPS) is 10.8. The number of benzene rings is 6. The monoisotopic (exact) mass is 622 g/mol. The van der Waals surface area contributed by atoms with E-state index in [-0.39, 0.29) is 11.2 Å². The lowest BCUT2D eigenvalue weighted by Crippen LogP contribution is -2.18. The van der Waals surface area contributed by atoms with Crippen LogP contribution in [0.3, 0.4) is 0 Å². The highest BCUT2D eigenvalue weighted by molar-refractivity contribution is 6.09. The molecule has 6 aromatic rings. The van der Waals surface area contributed by atoms with Crippen LogP contribution >= 0.6 is 0 Å². The number of carbonyl (C=O) groups excluding carboxylic acids is 1. The van der Waals surface area contributed by atoms with Crippen molar-refractivity contribution in [1.82, 2.24) is 0 Å². The fourth-order valence-corrected chi connectivity index (χ4v) is 4.83. The van der Waals surface area contributed by atoms with Crippen molar-refractivity contribution in [2.75, 3.05) is 22.9 Å². The molecule has 0 radical (unpaired) electrons. The molecule has 0 aliphatic rings. The van der Waals surface area contributed by atoms with Gasteiger partial charge in [0.25, 0.3) is 0 Å². The van der Waals surface area contributed by atoms with E-state index in [0.29, 0.717) is 33.9 Å². The van der Waals surface area contributed by atoms with E-state index >= 15 is 0 Å². The summed E-state index contributed by atoms with van der Waals surface area (Å²) < 4.78 is 11.8. The number of nitrogens with two attached hydrogens (primary N) is 4. The topological polar surface area (TPSA) is 140 Å². The molecule has 0 aliphatic carbocycles. The van der Waals surface area contributed by atoms with E-state index in [2.05, 4.69) is 38.1 Å². The van der Waals surface area contributed by atoms with Gasteiger partial charge in [-0.05, 0) is 132 Å². The van der Waals surface area contributed by atoms with Gasteiger partial charge in [0.05, 0.1) is 0 Å². The summed E-state index contributed by atoms with van der Waals surface area (Å²) in [5.74, 6) is 3.07. The SMILES string of the molecule is CC(C)(c1ccc(Oc2ccc(N)cc2)cc1)c1ccc(Oc2ccc(N)cc2)cc1.Nc1ccc(C(=O)c2ccc(N)cc2)cc1. The van der Waals surface area contributed by atoms with Crippen molar-refractivity contribution in [3.8, 4) is 23.0 Å². The molecule has 6 rings (SSSR count). The van der Waals surface area contributed by atoms with Crippen molar-refractivity contribution < 1.29 is 14.3 Å². The summed E-state index contributed by atoms with van der Waals surface area (Å²) in [4.78, 5) is 12.0. The van der Waals surface area contributed by atoms with Crippen LogP contribution in [0.5, 0.6) is 23.0 Å². The zero-order valence-electron chi connectivity index (χ0n) is 26.4. The summed E-state index contributed by atoms with van der Waals surface area (Å²) in [5.41, 5.74) is 28.8. The van der Waals surface area contributed by atoms with E-state index in [0.717, 1.165) is 23.0 Å². The van der Waals surface area contributed by atoms with Crippen LogP contribution in [0.15, 0.2) is 146 Å². The van der Waals surface area contributed by atoms with E-state index in [1.165, 1.54) is 11.1 Å². The van der Waals surface area contributed by atoms with Crippen molar-refractivity contribution >= 4 is 28.5 Å². The number of ketones is 1. The third-order valence-corrected chi connectivity index (χ3v) is 7.73. The van der Waals surface area contributed by atoms with Gasteiger partial charge in [0.2, 0.25) is 0 Å². The Hall–Kier alpha value is -6.21. The summed E-state index contributed by atoms with van der Waals surface area (Å²) >= 11 is 0. The van der Waals surface area contributed by atoms with Crippen LogP contribution in [0, 0.1) is 0 Å². The Morgan fingerprint density at radius 2 is 0.638 bits per heavy atom. The molecule has 0 saturated carbocycles. The van der Waals surface area contributed by atoms with Gasteiger partial charge in [0, 0.05) is 39.3 Å². The fraction of sp³-hybridized carbons (Fsp3) is 0.0750. The summed E-state index contributed by atoms with van der Waals surface area (Å²) in [6.07, 6.45) is 0. The number of anilines is 4. The van der Waals surface area contributed by atoms with Gasteiger partial charge < -0.3 is 32.4 Å². The molecule has 236 valence electrons. The van der Waals surface area contributed by atoms with Gasteiger partial charge in [-0.25, -0.2) is 0 Å². The molecule has 6 aromatic carbocycles. The Balaban J connectivity index is 0.000000227. The van der Waals surface area contributed by atoms with Crippen molar-refractivity contribution in [2.24, 2.45) is 0 Å². The number of carbonyl (C=O) groups is 1. The Morgan fingerprint density at radius 1 is 0.404 bits per heavy atom. The molecular formula is C40H38N4O3. The van der Waals surface area contributed by atoms with Gasteiger partial charge in [-0.2, -0.15) is 0 Å². The molecule has 0 atom stereocenters. The van der Waals surface area contributed by atoms with E-state index in [1.54, 1.807) is 48.5 Å². The van der Waals surface area contributed by atoms with Crippen LogP contribution < -0.4 is 32.4 Å². The third kappa shape index (κ3) is 8.49. The molecular weight excluding hydrogens is 584 g/mol. The van der Waals surface area contributed by atoms with E-state index in [4.69, 9.17) is 32.4 Å². The van der Waals surface area contributed by atoms with Crippen LogP contribution in [-0.2, 0) is 5.41 Å². The minimum Gasteiger partial charge on any atom is -0.457 e. The molecule has 0 aliphatic heterocycles. The van der Waals surface area contributed by atoms with Crippen molar-refractivity contribution in [1.29, 1.82) is 0 Å². The van der Waals surface area contributed by atoms with Gasteiger partial charge in [0.1, 0.15) is 23.0 Å². The van der Waals surface area contributed by atoms with Crippen molar-refractivity contribution in [2.45, 2.75) is 19.3 Å². The average molecular weight is 623 g/mol. The first-order valence-electron chi connectivity index (χ1n) is 15.1. The molecule has 0 amide bonds. The van der Waals surface area contributed by atoms with Crippen LogP contribution in [-0.4, -0.2) is 5.78 Å². The third-order valence-electron chi connectivity index (χ3n) is 7.73. The highest BCUT2D eigenvalue weighted by Gasteiger charge is 2.23. The smallest absolute Gasteiger partial charge is 0.193 e. The molecule has 0 bridgehead atoms. The minimum absolute atomic E-state index is 0.0278. The molecule has 7 heteroatoms. The van der Waals surface area contributed by atoms with E-state index in [1.807, 2.05) is 72.8 Å². The predicted molar refractivity (Wildman–Crippen MR) is 192 cm³/mol. The van der Waals surface area contributed by atoms with Gasteiger partial charge in [-0.1, -0.05) is 38.1 Å². The maximum absolute atomic E-state index is 12.0. The molecule has 7 nitrogen and oxygen atoms in total. The van der Waals surface area contributed by atoms with Gasteiger partial charge in [-0.15, -0.1) is 0 Å².